The summed E-state index contributed by atoms with van der Waals surface area (Å²) in [5.74, 6) is -0.385. The molecule has 0 spiro atoms. The average Bonchev–Trinajstić information content (AvgIpc) is 3.21. The molecule has 8 heteroatoms. The van der Waals surface area contributed by atoms with Crippen LogP contribution < -0.4 is 15.4 Å². The number of amides is 2. The highest BCUT2D eigenvalue weighted by Gasteiger charge is 2.32. The predicted octanol–water partition coefficient (Wildman–Crippen LogP) is 6.99. The molecule has 44 heavy (non-hydrogen) atoms. The summed E-state index contributed by atoms with van der Waals surface area (Å²) in [5.41, 5.74) is 5.17. The standard InChI is InChI=1S/C36H37N3O5/c1-36(2,35(43)37-26-16-12-23(13-17-26)14-19-31(40)41)38-34(42)25-15-18-27-29(22-25)39-20-21-44-30-11-7-6-10-28(30)33(39)32(27)24-8-4-3-5-9-24/h6-7,10-19,22,24H,3-5,8-9,20-21H2,1-2H3,(H,37,43)(H,38,42)(H,40,41). The van der Waals surface area contributed by atoms with Crippen molar-refractivity contribution in [1.82, 2.24) is 9.88 Å². The second-order valence-corrected chi connectivity index (χ2v) is 12.2. The van der Waals surface area contributed by atoms with Gasteiger partial charge in [-0.3, -0.25) is 9.59 Å². The summed E-state index contributed by atoms with van der Waals surface area (Å²) < 4.78 is 8.47. The van der Waals surface area contributed by atoms with E-state index in [1.54, 1.807) is 38.1 Å². The molecular formula is C36H37N3O5. The first kappa shape index (κ1) is 29.2. The molecule has 1 aliphatic heterocycles. The van der Waals surface area contributed by atoms with E-state index in [0.29, 0.717) is 35.9 Å². The number of carbonyl (C=O) groups excluding carboxylic acids is 2. The van der Waals surface area contributed by atoms with Gasteiger partial charge >= 0.3 is 5.97 Å². The largest absolute Gasteiger partial charge is 0.491 e. The van der Waals surface area contributed by atoms with E-state index >= 15 is 0 Å². The molecule has 4 aromatic rings. The topological polar surface area (TPSA) is 110 Å². The normalized spacial score (nSPS) is 15.2. The van der Waals surface area contributed by atoms with Crippen LogP contribution in [-0.2, 0) is 16.1 Å². The van der Waals surface area contributed by atoms with Crippen LogP contribution in [0, 0.1) is 0 Å². The summed E-state index contributed by atoms with van der Waals surface area (Å²) in [6, 6.07) is 20.9. The molecule has 6 rings (SSSR count). The number of nitrogens with one attached hydrogen (secondary N) is 2. The Bertz CT molecular complexity index is 1760. The fourth-order valence-corrected chi connectivity index (χ4v) is 6.42. The van der Waals surface area contributed by atoms with Crippen LogP contribution >= 0.6 is 0 Å². The van der Waals surface area contributed by atoms with Crippen molar-refractivity contribution in [2.45, 2.75) is 64.0 Å². The highest BCUT2D eigenvalue weighted by Crippen LogP contribution is 2.47. The van der Waals surface area contributed by atoms with Crippen molar-refractivity contribution < 1.29 is 24.2 Å². The Balaban J connectivity index is 1.28. The average molecular weight is 592 g/mol. The molecule has 1 aromatic heterocycles. The molecular weight excluding hydrogens is 554 g/mol. The second kappa shape index (κ2) is 12.0. The molecule has 0 atom stereocenters. The molecule has 1 saturated carbocycles. The van der Waals surface area contributed by atoms with E-state index < -0.39 is 11.5 Å². The number of carboxylic acids is 1. The molecule has 8 nitrogen and oxygen atoms in total. The van der Waals surface area contributed by atoms with Crippen molar-refractivity contribution in [3.05, 3.63) is 89.5 Å². The maximum absolute atomic E-state index is 13.6. The highest BCUT2D eigenvalue weighted by molar-refractivity contribution is 6.05. The van der Waals surface area contributed by atoms with Crippen LogP contribution in [0.25, 0.3) is 28.2 Å². The fraction of sp³-hybridized carbons (Fsp3) is 0.306. The SMILES string of the molecule is CC(C)(NC(=O)c1ccc2c(C3CCCCC3)c3n(c2c1)CCOc1ccccc1-3)C(=O)Nc1ccc(C=CC(=O)O)cc1. The maximum atomic E-state index is 13.6. The summed E-state index contributed by atoms with van der Waals surface area (Å²) in [6.07, 6.45) is 8.55. The molecule has 2 amide bonds. The molecule has 1 fully saturated rings. The van der Waals surface area contributed by atoms with E-state index in [-0.39, 0.29) is 11.8 Å². The van der Waals surface area contributed by atoms with Crippen LogP contribution in [0.2, 0.25) is 0 Å². The number of nitrogens with zero attached hydrogens (tertiary/aromatic N) is 1. The van der Waals surface area contributed by atoms with Gasteiger partial charge in [-0.05, 0) is 86.2 Å². The van der Waals surface area contributed by atoms with E-state index in [9.17, 15) is 14.4 Å². The summed E-state index contributed by atoms with van der Waals surface area (Å²) in [5, 5.41) is 15.8. The van der Waals surface area contributed by atoms with Gasteiger partial charge in [-0.2, -0.15) is 0 Å². The molecule has 2 aliphatic rings. The molecule has 3 N–H and O–H groups in total. The van der Waals surface area contributed by atoms with Crippen molar-refractivity contribution in [2.24, 2.45) is 0 Å². The maximum Gasteiger partial charge on any atom is 0.328 e. The molecule has 1 aliphatic carbocycles. The van der Waals surface area contributed by atoms with Crippen molar-refractivity contribution in [2.75, 3.05) is 11.9 Å². The number of anilines is 1. The Morgan fingerprint density at radius 3 is 2.48 bits per heavy atom. The van der Waals surface area contributed by atoms with Gasteiger partial charge in [-0.25, -0.2) is 4.79 Å². The van der Waals surface area contributed by atoms with Crippen LogP contribution in [0.4, 0.5) is 5.69 Å². The van der Waals surface area contributed by atoms with Crippen molar-refractivity contribution in [1.29, 1.82) is 0 Å². The molecule has 0 unspecified atom stereocenters. The number of rotatable bonds is 7. The molecule has 3 aromatic carbocycles. The van der Waals surface area contributed by atoms with Gasteiger partial charge in [-0.1, -0.05) is 49.6 Å². The minimum absolute atomic E-state index is 0.332. The first-order valence-corrected chi connectivity index (χ1v) is 15.2. The molecule has 0 bridgehead atoms. The van der Waals surface area contributed by atoms with E-state index in [1.807, 2.05) is 24.3 Å². The monoisotopic (exact) mass is 591 g/mol. The molecule has 0 radical (unpaired) electrons. The number of fused-ring (bicyclic) bond motifs is 5. The van der Waals surface area contributed by atoms with E-state index in [4.69, 9.17) is 9.84 Å². The Morgan fingerprint density at radius 1 is 0.977 bits per heavy atom. The quantitative estimate of drug-likeness (QED) is 0.201. The lowest BCUT2D eigenvalue weighted by molar-refractivity contribution is -0.131. The third-order valence-corrected chi connectivity index (χ3v) is 8.67. The van der Waals surface area contributed by atoms with Crippen LogP contribution in [-0.4, -0.2) is 39.6 Å². The van der Waals surface area contributed by atoms with Gasteiger partial charge in [0.15, 0.2) is 0 Å². The zero-order valence-electron chi connectivity index (χ0n) is 25.1. The van der Waals surface area contributed by atoms with Gasteiger partial charge in [0, 0.05) is 33.8 Å². The molecule has 0 saturated heterocycles. The number of ether oxygens (including phenoxy) is 1. The number of para-hydroxylation sites is 1. The molecule has 226 valence electrons. The zero-order valence-corrected chi connectivity index (χ0v) is 25.1. The smallest absolute Gasteiger partial charge is 0.328 e. The van der Waals surface area contributed by atoms with Crippen LogP contribution in [0.3, 0.4) is 0 Å². The Kier molecular flexibility index (Phi) is 7.99. The van der Waals surface area contributed by atoms with Crippen LogP contribution in [0.15, 0.2) is 72.8 Å². The van der Waals surface area contributed by atoms with Gasteiger partial charge in [0.2, 0.25) is 5.91 Å². The van der Waals surface area contributed by atoms with Gasteiger partial charge in [0.25, 0.3) is 5.91 Å². The molecule has 2 heterocycles. The van der Waals surface area contributed by atoms with Gasteiger partial charge in [-0.15, -0.1) is 0 Å². The number of hydrogen-bond donors (Lipinski definition) is 3. The second-order valence-electron chi connectivity index (χ2n) is 12.2. The Hall–Kier alpha value is -4.85. The number of carbonyl (C=O) groups is 3. The van der Waals surface area contributed by atoms with Gasteiger partial charge in [0.1, 0.15) is 17.9 Å². The summed E-state index contributed by atoms with van der Waals surface area (Å²) in [6.45, 7) is 4.55. The third-order valence-electron chi connectivity index (χ3n) is 8.67. The first-order valence-electron chi connectivity index (χ1n) is 15.2. The van der Waals surface area contributed by atoms with Crippen molar-refractivity contribution in [3.8, 4) is 17.0 Å². The first-order chi connectivity index (χ1) is 21.2. The minimum atomic E-state index is -1.20. The third kappa shape index (κ3) is 5.84. The van der Waals surface area contributed by atoms with E-state index in [0.717, 1.165) is 35.7 Å². The van der Waals surface area contributed by atoms with Crippen molar-refractivity contribution in [3.63, 3.8) is 0 Å². The van der Waals surface area contributed by atoms with Gasteiger partial charge in [0.05, 0.1) is 12.2 Å². The number of hydrogen-bond acceptors (Lipinski definition) is 4. The Morgan fingerprint density at radius 2 is 1.73 bits per heavy atom. The van der Waals surface area contributed by atoms with Crippen LogP contribution in [0.5, 0.6) is 5.75 Å². The Labute approximate surface area is 256 Å². The lowest BCUT2D eigenvalue weighted by Crippen LogP contribution is -2.52. The summed E-state index contributed by atoms with van der Waals surface area (Å²) in [4.78, 5) is 37.6. The van der Waals surface area contributed by atoms with Crippen LogP contribution in [0.1, 0.15) is 73.4 Å². The number of aliphatic carboxylic acids is 1. The zero-order chi connectivity index (χ0) is 30.8. The van der Waals surface area contributed by atoms with Crippen molar-refractivity contribution >= 4 is 40.4 Å². The van der Waals surface area contributed by atoms with Gasteiger partial charge < -0.3 is 25.0 Å². The summed E-state index contributed by atoms with van der Waals surface area (Å²) in [7, 11) is 0. The number of benzene rings is 3. The lowest BCUT2D eigenvalue weighted by atomic mass is 9.81. The predicted molar refractivity (Wildman–Crippen MR) is 172 cm³/mol. The highest BCUT2D eigenvalue weighted by atomic mass is 16.5. The fourth-order valence-electron chi connectivity index (χ4n) is 6.42. The lowest BCUT2D eigenvalue weighted by Gasteiger charge is -2.25. The number of carboxylic acid groups (broad SMARTS) is 1. The summed E-state index contributed by atoms with van der Waals surface area (Å²) >= 11 is 0. The van der Waals surface area contributed by atoms with E-state index in [1.165, 1.54) is 42.0 Å². The van der Waals surface area contributed by atoms with E-state index in [2.05, 4.69) is 33.4 Å². The number of aromatic nitrogens is 1. The minimum Gasteiger partial charge on any atom is -0.491 e.